The first-order valence-corrected chi connectivity index (χ1v) is 3.94. The van der Waals surface area contributed by atoms with Crippen molar-refractivity contribution in [2.45, 2.75) is 5.72 Å². The number of allylic oxidation sites excluding steroid dienone is 1. The molecule has 0 aromatic heterocycles. The monoisotopic (exact) mass is 230 g/mol. The van der Waals surface area contributed by atoms with Crippen LogP contribution in [0.15, 0.2) is 23.9 Å². The quantitative estimate of drug-likeness (QED) is 0.373. The molecular formula is C7H6N2O7. The smallest absolute Gasteiger partial charge is 0.359 e. The van der Waals surface area contributed by atoms with E-state index in [2.05, 4.69) is 0 Å². The minimum Gasteiger partial charge on any atom is -0.481 e. The molecule has 16 heavy (non-hydrogen) atoms. The molecule has 2 N–H and O–H groups in total. The topological polar surface area (TPSA) is 144 Å². The molecule has 1 aliphatic carbocycles. The lowest BCUT2D eigenvalue weighted by Gasteiger charge is -2.21. The van der Waals surface area contributed by atoms with E-state index in [9.17, 15) is 30.1 Å². The number of hydrogen-bond acceptors (Lipinski definition) is 6. The molecule has 0 amide bonds. The van der Waals surface area contributed by atoms with Gasteiger partial charge in [0.25, 0.3) is 5.70 Å². The lowest BCUT2D eigenvalue weighted by molar-refractivity contribution is -0.614. The number of carbonyl (C=O) groups is 1. The van der Waals surface area contributed by atoms with Crippen LogP contribution in [-0.4, -0.2) is 31.8 Å². The van der Waals surface area contributed by atoms with Crippen LogP contribution in [-0.2, 0) is 4.79 Å². The normalized spacial score (nSPS) is 28.3. The summed E-state index contributed by atoms with van der Waals surface area (Å²) in [5.41, 5.74) is -3.47. The Morgan fingerprint density at radius 1 is 1.44 bits per heavy atom. The van der Waals surface area contributed by atoms with Crippen molar-refractivity contribution in [3.05, 3.63) is 44.2 Å². The Morgan fingerprint density at radius 3 is 2.38 bits per heavy atom. The highest BCUT2D eigenvalue weighted by molar-refractivity contribution is 5.74. The standard InChI is InChI=1S/C7H6N2O7/c10-6(11)5-3-4(8(13)14)1-2-7(5,12)9(15)16/h1-3,5,12H,(H,10,11). The molecule has 0 fully saturated rings. The summed E-state index contributed by atoms with van der Waals surface area (Å²) in [7, 11) is 0. The van der Waals surface area contributed by atoms with E-state index in [0.29, 0.717) is 18.2 Å². The van der Waals surface area contributed by atoms with Gasteiger partial charge in [-0.2, -0.15) is 0 Å². The average Bonchev–Trinajstić information content (AvgIpc) is 2.17. The maximum absolute atomic E-state index is 10.7. The van der Waals surface area contributed by atoms with Gasteiger partial charge in [-0.1, -0.05) is 0 Å². The van der Waals surface area contributed by atoms with Gasteiger partial charge in [-0.15, -0.1) is 0 Å². The van der Waals surface area contributed by atoms with Gasteiger partial charge in [-0.05, 0) is 0 Å². The minimum atomic E-state index is -2.86. The van der Waals surface area contributed by atoms with Crippen molar-refractivity contribution in [3.63, 3.8) is 0 Å². The number of hydrogen-bond donors (Lipinski definition) is 2. The molecule has 0 saturated carbocycles. The van der Waals surface area contributed by atoms with Crippen molar-refractivity contribution in [2.75, 3.05) is 0 Å². The minimum absolute atomic E-state index is 0.490. The third-order valence-electron chi connectivity index (χ3n) is 2.06. The molecule has 9 heteroatoms. The summed E-state index contributed by atoms with van der Waals surface area (Å²) in [6.45, 7) is 0. The van der Waals surface area contributed by atoms with Crippen molar-refractivity contribution < 1.29 is 24.9 Å². The van der Waals surface area contributed by atoms with Crippen LogP contribution >= 0.6 is 0 Å². The zero-order valence-corrected chi connectivity index (χ0v) is 7.64. The van der Waals surface area contributed by atoms with Crippen LogP contribution in [0.3, 0.4) is 0 Å². The predicted octanol–water partition coefficient (Wildman–Crippen LogP) is -0.617. The fourth-order valence-electron chi connectivity index (χ4n) is 1.21. The molecule has 0 saturated heterocycles. The highest BCUT2D eigenvalue weighted by Crippen LogP contribution is 2.28. The lowest BCUT2D eigenvalue weighted by Crippen LogP contribution is -2.48. The first kappa shape index (κ1) is 11.8. The Labute approximate surface area is 87.6 Å². The second kappa shape index (κ2) is 3.70. The average molecular weight is 230 g/mol. The van der Waals surface area contributed by atoms with E-state index < -0.39 is 33.2 Å². The van der Waals surface area contributed by atoms with Crippen LogP contribution in [0.1, 0.15) is 0 Å². The summed E-state index contributed by atoms with van der Waals surface area (Å²) in [5.74, 6) is -3.71. The van der Waals surface area contributed by atoms with E-state index in [1.165, 1.54) is 0 Å². The van der Waals surface area contributed by atoms with E-state index in [1.54, 1.807) is 0 Å². The molecule has 1 rings (SSSR count). The fraction of sp³-hybridized carbons (Fsp3) is 0.286. The largest absolute Gasteiger partial charge is 0.481 e. The predicted molar refractivity (Wildman–Crippen MR) is 47.3 cm³/mol. The van der Waals surface area contributed by atoms with E-state index in [1.807, 2.05) is 0 Å². The van der Waals surface area contributed by atoms with Gasteiger partial charge in [0.15, 0.2) is 5.92 Å². The van der Waals surface area contributed by atoms with Gasteiger partial charge < -0.3 is 10.2 Å². The fourth-order valence-corrected chi connectivity index (χ4v) is 1.21. The summed E-state index contributed by atoms with van der Waals surface area (Å²) in [5, 5.41) is 39.0. The van der Waals surface area contributed by atoms with Crippen LogP contribution in [0.25, 0.3) is 0 Å². The number of aliphatic carboxylic acids is 1. The number of carboxylic acids is 1. The lowest BCUT2D eigenvalue weighted by atomic mass is 9.90. The highest BCUT2D eigenvalue weighted by atomic mass is 16.7. The zero-order valence-electron chi connectivity index (χ0n) is 7.64. The Kier molecular flexibility index (Phi) is 2.72. The maximum Gasteiger partial charge on any atom is 0.359 e. The summed E-state index contributed by atoms with van der Waals surface area (Å²) >= 11 is 0. The maximum atomic E-state index is 10.7. The van der Waals surface area contributed by atoms with Crippen molar-refractivity contribution >= 4 is 5.97 Å². The Bertz CT molecular complexity index is 426. The van der Waals surface area contributed by atoms with Gasteiger partial charge in [0, 0.05) is 18.2 Å². The molecule has 1 aliphatic rings. The Morgan fingerprint density at radius 2 is 2.00 bits per heavy atom. The molecule has 0 heterocycles. The second-order valence-electron chi connectivity index (χ2n) is 3.04. The Hall–Kier alpha value is -2.29. The molecule has 9 nitrogen and oxygen atoms in total. The number of carboxylic acid groups (broad SMARTS) is 1. The van der Waals surface area contributed by atoms with Gasteiger partial charge in [0.1, 0.15) is 0 Å². The number of nitrogens with zero attached hydrogens (tertiary/aromatic N) is 2. The summed E-state index contributed by atoms with van der Waals surface area (Å²) < 4.78 is 0. The number of rotatable bonds is 3. The molecule has 86 valence electrons. The molecule has 0 aromatic carbocycles. The van der Waals surface area contributed by atoms with E-state index in [-0.39, 0.29) is 0 Å². The van der Waals surface area contributed by atoms with Crippen molar-refractivity contribution in [1.29, 1.82) is 0 Å². The van der Waals surface area contributed by atoms with Crippen LogP contribution in [0.4, 0.5) is 0 Å². The summed E-state index contributed by atoms with van der Waals surface area (Å²) in [4.78, 5) is 29.4. The van der Waals surface area contributed by atoms with Gasteiger partial charge in [-0.3, -0.25) is 25.0 Å². The van der Waals surface area contributed by atoms with Gasteiger partial charge in [0.05, 0.1) is 9.85 Å². The van der Waals surface area contributed by atoms with Crippen LogP contribution < -0.4 is 0 Å². The first-order valence-electron chi connectivity index (χ1n) is 3.94. The van der Waals surface area contributed by atoms with E-state index >= 15 is 0 Å². The molecule has 2 unspecified atom stereocenters. The van der Waals surface area contributed by atoms with E-state index in [4.69, 9.17) is 5.11 Å². The number of aliphatic hydroxyl groups is 1. The molecule has 0 bridgehead atoms. The van der Waals surface area contributed by atoms with Crippen molar-refractivity contribution in [3.8, 4) is 0 Å². The van der Waals surface area contributed by atoms with Crippen molar-refractivity contribution in [2.24, 2.45) is 5.92 Å². The van der Waals surface area contributed by atoms with Gasteiger partial charge in [0.2, 0.25) is 0 Å². The summed E-state index contributed by atoms with van der Waals surface area (Å²) in [6, 6.07) is 0. The number of nitro groups is 2. The van der Waals surface area contributed by atoms with Crippen LogP contribution in [0, 0.1) is 26.1 Å². The molecule has 0 radical (unpaired) electrons. The van der Waals surface area contributed by atoms with Gasteiger partial charge >= 0.3 is 11.7 Å². The molecule has 0 aromatic rings. The molecule has 0 aliphatic heterocycles. The second-order valence-corrected chi connectivity index (χ2v) is 3.04. The van der Waals surface area contributed by atoms with Gasteiger partial charge in [-0.25, -0.2) is 0 Å². The zero-order chi connectivity index (χ0) is 12.5. The van der Waals surface area contributed by atoms with Crippen molar-refractivity contribution in [1.82, 2.24) is 0 Å². The van der Waals surface area contributed by atoms with Crippen LogP contribution in [0.5, 0.6) is 0 Å². The molecular weight excluding hydrogens is 224 g/mol. The SMILES string of the molecule is O=C(O)C1C=C([N+](=O)[O-])C=CC1(O)[N+](=O)[O-]. The third kappa shape index (κ3) is 1.75. The van der Waals surface area contributed by atoms with E-state index in [0.717, 1.165) is 0 Å². The summed E-state index contributed by atoms with van der Waals surface area (Å²) in [6.07, 6.45) is 1.72. The first-order chi connectivity index (χ1) is 7.29. The Balaban J connectivity index is 3.22. The van der Waals surface area contributed by atoms with Crippen LogP contribution in [0.2, 0.25) is 0 Å². The highest BCUT2D eigenvalue weighted by Gasteiger charge is 2.53. The molecule has 2 atom stereocenters. The third-order valence-corrected chi connectivity index (χ3v) is 2.06. The molecule has 0 spiro atoms.